The highest BCUT2D eigenvalue weighted by molar-refractivity contribution is 5.40. The Morgan fingerprint density at radius 3 is 3.05 bits per heavy atom. The van der Waals surface area contributed by atoms with Gasteiger partial charge in [0.2, 0.25) is 5.95 Å². The van der Waals surface area contributed by atoms with Crippen LogP contribution in [0.3, 0.4) is 0 Å². The smallest absolute Gasteiger partial charge is 0.224 e. The molecule has 0 spiro atoms. The number of nitrogens with one attached hydrogen (secondary N) is 2. The SMILES string of the molecule is CCCNc1nccc(NC2CCOC2C2CC2)n1. The molecule has 0 aromatic carbocycles. The van der Waals surface area contributed by atoms with Crippen molar-refractivity contribution in [1.29, 1.82) is 0 Å². The largest absolute Gasteiger partial charge is 0.376 e. The highest BCUT2D eigenvalue weighted by Crippen LogP contribution is 2.39. The summed E-state index contributed by atoms with van der Waals surface area (Å²) in [4.78, 5) is 8.72. The summed E-state index contributed by atoms with van der Waals surface area (Å²) in [5, 5.41) is 6.73. The molecule has 2 atom stereocenters. The van der Waals surface area contributed by atoms with Crippen molar-refractivity contribution in [3.63, 3.8) is 0 Å². The van der Waals surface area contributed by atoms with Gasteiger partial charge in [-0.1, -0.05) is 6.92 Å². The summed E-state index contributed by atoms with van der Waals surface area (Å²) in [5.41, 5.74) is 0. The van der Waals surface area contributed by atoms with Crippen LogP contribution in [0, 0.1) is 5.92 Å². The number of anilines is 2. The number of hydrogen-bond acceptors (Lipinski definition) is 5. The van der Waals surface area contributed by atoms with Crippen molar-refractivity contribution >= 4 is 11.8 Å². The van der Waals surface area contributed by atoms with Crippen molar-refractivity contribution in [3.05, 3.63) is 12.3 Å². The lowest BCUT2D eigenvalue weighted by atomic mass is 10.1. The molecule has 1 aliphatic heterocycles. The predicted octanol–water partition coefficient (Wildman–Crippen LogP) is 2.28. The quantitative estimate of drug-likeness (QED) is 0.823. The van der Waals surface area contributed by atoms with Crippen molar-refractivity contribution in [3.8, 4) is 0 Å². The van der Waals surface area contributed by atoms with Gasteiger partial charge in [0.25, 0.3) is 0 Å². The zero-order valence-corrected chi connectivity index (χ0v) is 11.4. The monoisotopic (exact) mass is 262 g/mol. The molecule has 5 nitrogen and oxygen atoms in total. The molecule has 2 heterocycles. The number of rotatable bonds is 6. The molecule has 1 saturated heterocycles. The van der Waals surface area contributed by atoms with Crippen LogP contribution in [-0.2, 0) is 4.74 Å². The minimum atomic E-state index is 0.377. The summed E-state index contributed by atoms with van der Waals surface area (Å²) < 4.78 is 5.84. The Morgan fingerprint density at radius 2 is 2.26 bits per heavy atom. The van der Waals surface area contributed by atoms with E-state index in [-0.39, 0.29) is 0 Å². The van der Waals surface area contributed by atoms with Crippen LogP contribution in [0.2, 0.25) is 0 Å². The van der Waals surface area contributed by atoms with E-state index >= 15 is 0 Å². The average molecular weight is 262 g/mol. The minimum Gasteiger partial charge on any atom is -0.376 e. The maximum atomic E-state index is 5.84. The Hall–Kier alpha value is -1.36. The highest BCUT2D eigenvalue weighted by atomic mass is 16.5. The van der Waals surface area contributed by atoms with E-state index in [2.05, 4.69) is 27.5 Å². The van der Waals surface area contributed by atoms with Crippen LogP contribution in [0.25, 0.3) is 0 Å². The van der Waals surface area contributed by atoms with E-state index in [9.17, 15) is 0 Å². The van der Waals surface area contributed by atoms with Gasteiger partial charge >= 0.3 is 0 Å². The van der Waals surface area contributed by atoms with Gasteiger partial charge in [-0.2, -0.15) is 4.98 Å². The molecule has 1 aromatic rings. The molecule has 104 valence electrons. The second-order valence-corrected chi connectivity index (χ2v) is 5.40. The maximum absolute atomic E-state index is 5.84. The lowest BCUT2D eigenvalue weighted by Gasteiger charge is -2.20. The van der Waals surface area contributed by atoms with Crippen LogP contribution >= 0.6 is 0 Å². The molecule has 0 radical (unpaired) electrons. The van der Waals surface area contributed by atoms with Gasteiger partial charge in [-0.15, -0.1) is 0 Å². The van der Waals surface area contributed by atoms with E-state index < -0.39 is 0 Å². The fourth-order valence-corrected chi connectivity index (χ4v) is 2.61. The summed E-state index contributed by atoms with van der Waals surface area (Å²) in [6.07, 6.45) is 6.95. The molecule has 1 aromatic heterocycles. The Kier molecular flexibility index (Phi) is 3.82. The number of ether oxygens (including phenoxy) is 1. The fraction of sp³-hybridized carbons (Fsp3) is 0.714. The fourth-order valence-electron chi connectivity index (χ4n) is 2.61. The van der Waals surface area contributed by atoms with E-state index in [1.165, 1.54) is 12.8 Å². The van der Waals surface area contributed by atoms with Gasteiger partial charge in [-0.3, -0.25) is 0 Å². The first-order valence-corrected chi connectivity index (χ1v) is 7.32. The van der Waals surface area contributed by atoms with E-state index in [0.717, 1.165) is 37.7 Å². The van der Waals surface area contributed by atoms with Gasteiger partial charge in [0, 0.05) is 19.3 Å². The molecule has 2 unspecified atom stereocenters. The van der Waals surface area contributed by atoms with Gasteiger partial charge in [-0.25, -0.2) is 4.98 Å². The highest BCUT2D eigenvalue weighted by Gasteiger charge is 2.40. The first-order chi connectivity index (χ1) is 9.36. The van der Waals surface area contributed by atoms with Crippen LogP contribution in [0.4, 0.5) is 11.8 Å². The van der Waals surface area contributed by atoms with Crippen molar-refractivity contribution < 1.29 is 4.74 Å². The van der Waals surface area contributed by atoms with Crippen LogP contribution in [-0.4, -0.2) is 35.3 Å². The Morgan fingerprint density at radius 1 is 1.37 bits per heavy atom. The maximum Gasteiger partial charge on any atom is 0.224 e. The van der Waals surface area contributed by atoms with Crippen molar-refractivity contribution in [2.75, 3.05) is 23.8 Å². The Labute approximate surface area is 114 Å². The first kappa shape index (κ1) is 12.7. The van der Waals surface area contributed by atoms with Crippen molar-refractivity contribution in [1.82, 2.24) is 9.97 Å². The molecule has 1 saturated carbocycles. The molecule has 19 heavy (non-hydrogen) atoms. The summed E-state index contributed by atoms with van der Waals surface area (Å²) in [6.45, 7) is 3.90. The Bertz CT molecular complexity index is 422. The third-order valence-corrected chi connectivity index (χ3v) is 3.74. The molecular weight excluding hydrogens is 240 g/mol. The van der Waals surface area contributed by atoms with E-state index in [1.54, 1.807) is 6.20 Å². The van der Waals surface area contributed by atoms with Crippen molar-refractivity contribution in [2.24, 2.45) is 5.92 Å². The van der Waals surface area contributed by atoms with E-state index in [0.29, 0.717) is 18.1 Å². The molecule has 2 fully saturated rings. The van der Waals surface area contributed by atoms with Gasteiger partial charge in [0.15, 0.2) is 0 Å². The second-order valence-electron chi connectivity index (χ2n) is 5.40. The zero-order chi connectivity index (χ0) is 13.1. The molecule has 1 aliphatic carbocycles. The van der Waals surface area contributed by atoms with Gasteiger partial charge in [0.05, 0.1) is 12.1 Å². The summed E-state index contributed by atoms with van der Waals surface area (Å²) in [5.74, 6) is 2.36. The van der Waals surface area contributed by atoms with Crippen LogP contribution in [0.15, 0.2) is 12.3 Å². The normalized spacial score (nSPS) is 26.4. The standard InChI is InChI=1S/C14H22N4O/c1-2-7-15-14-16-8-5-12(18-14)17-11-6-9-19-13(11)10-3-4-10/h5,8,10-11,13H,2-4,6-7,9H2,1H3,(H2,15,16,17,18). The molecule has 2 aliphatic rings. The van der Waals surface area contributed by atoms with Crippen LogP contribution < -0.4 is 10.6 Å². The molecule has 0 amide bonds. The number of aromatic nitrogens is 2. The molecule has 5 heteroatoms. The third-order valence-electron chi connectivity index (χ3n) is 3.74. The van der Waals surface area contributed by atoms with E-state index in [1.807, 2.05) is 6.07 Å². The lowest BCUT2D eigenvalue weighted by Crippen LogP contribution is -2.31. The molecule has 0 bridgehead atoms. The molecular formula is C14H22N4O. The lowest BCUT2D eigenvalue weighted by molar-refractivity contribution is 0.0898. The van der Waals surface area contributed by atoms with Crippen molar-refractivity contribution in [2.45, 2.75) is 44.8 Å². The average Bonchev–Trinajstić information content (AvgIpc) is 3.18. The van der Waals surface area contributed by atoms with Gasteiger partial charge in [-0.05, 0) is 37.7 Å². The number of hydrogen-bond donors (Lipinski definition) is 2. The second kappa shape index (κ2) is 5.74. The van der Waals surface area contributed by atoms with E-state index in [4.69, 9.17) is 4.74 Å². The van der Waals surface area contributed by atoms with Crippen LogP contribution in [0.1, 0.15) is 32.6 Å². The molecule has 3 rings (SSSR count). The zero-order valence-electron chi connectivity index (χ0n) is 11.4. The first-order valence-electron chi connectivity index (χ1n) is 7.32. The van der Waals surface area contributed by atoms with Crippen LogP contribution in [0.5, 0.6) is 0 Å². The topological polar surface area (TPSA) is 59.1 Å². The summed E-state index contributed by atoms with van der Waals surface area (Å²) in [6, 6.07) is 2.33. The summed E-state index contributed by atoms with van der Waals surface area (Å²) >= 11 is 0. The van der Waals surface area contributed by atoms with Gasteiger partial charge in [0.1, 0.15) is 5.82 Å². The number of nitrogens with zero attached hydrogens (tertiary/aromatic N) is 2. The van der Waals surface area contributed by atoms with Gasteiger partial charge < -0.3 is 15.4 Å². The summed E-state index contributed by atoms with van der Waals surface area (Å²) in [7, 11) is 0. The molecule has 2 N–H and O–H groups in total. The predicted molar refractivity (Wildman–Crippen MR) is 75.3 cm³/mol. The Balaban J connectivity index is 1.62. The third kappa shape index (κ3) is 3.15. The minimum absolute atomic E-state index is 0.377.